The fraction of sp³-hybridized carbons (Fsp3) is 0.100. The Morgan fingerprint density at radius 3 is 2.16 bits per heavy atom. The zero-order valence-corrected chi connectivity index (χ0v) is 21.8. The van der Waals surface area contributed by atoms with Crippen molar-refractivity contribution in [2.75, 3.05) is 11.1 Å². The van der Waals surface area contributed by atoms with Crippen LogP contribution in [0.1, 0.15) is 33.1 Å². The number of fused-ring (bicyclic) bond motifs is 1. The third-order valence-corrected chi connectivity index (χ3v) is 8.00. The molecule has 0 fully saturated rings. The SMILES string of the molecule is Cc1ccc(C(=O)Nc2ccc3nc(SCC(=O)NC(c4ccccc4)c4ccccc4)sc3c2)cc1. The second kappa shape index (κ2) is 11.4. The summed E-state index contributed by atoms with van der Waals surface area (Å²) in [6.07, 6.45) is 0. The number of hydrogen-bond donors (Lipinski definition) is 2. The maximum atomic E-state index is 12.9. The van der Waals surface area contributed by atoms with E-state index in [9.17, 15) is 9.59 Å². The number of hydrogen-bond acceptors (Lipinski definition) is 5. The number of carbonyl (C=O) groups is 2. The summed E-state index contributed by atoms with van der Waals surface area (Å²) in [6.45, 7) is 1.99. The van der Waals surface area contributed by atoms with E-state index in [1.807, 2.05) is 110 Å². The Hall–Kier alpha value is -3.94. The van der Waals surface area contributed by atoms with Gasteiger partial charge in [-0.2, -0.15) is 0 Å². The van der Waals surface area contributed by atoms with Crippen LogP contribution in [0, 0.1) is 6.92 Å². The molecule has 0 aliphatic heterocycles. The molecular formula is C30H25N3O2S2. The van der Waals surface area contributed by atoms with Crippen LogP contribution < -0.4 is 10.6 Å². The smallest absolute Gasteiger partial charge is 0.255 e. The number of anilines is 1. The molecule has 0 atom stereocenters. The van der Waals surface area contributed by atoms with E-state index in [1.165, 1.54) is 23.1 Å². The Kier molecular flexibility index (Phi) is 7.63. The predicted octanol–water partition coefficient (Wildman–Crippen LogP) is 6.85. The lowest BCUT2D eigenvalue weighted by Gasteiger charge is -2.19. The summed E-state index contributed by atoms with van der Waals surface area (Å²) in [5.74, 6) is 0.0436. The first-order valence-electron chi connectivity index (χ1n) is 11.9. The van der Waals surface area contributed by atoms with Gasteiger partial charge >= 0.3 is 0 Å². The number of aromatic nitrogens is 1. The van der Waals surface area contributed by atoms with Gasteiger partial charge in [0.25, 0.3) is 5.91 Å². The number of nitrogens with zero attached hydrogens (tertiary/aromatic N) is 1. The number of carbonyl (C=O) groups excluding carboxylic acids is 2. The van der Waals surface area contributed by atoms with Crippen molar-refractivity contribution in [2.45, 2.75) is 17.3 Å². The van der Waals surface area contributed by atoms with Crippen LogP contribution in [0.4, 0.5) is 5.69 Å². The van der Waals surface area contributed by atoms with E-state index >= 15 is 0 Å². The van der Waals surface area contributed by atoms with E-state index < -0.39 is 0 Å². The molecule has 0 bridgehead atoms. The van der Waals surface area contributed by atoms with E-state index in [0.717, 1.165) is 31.2 Å². The van der Waals surface area contributed by atoms with E-state index in [1.54, 1.807) is 0 Å². The van der Waals surface area contributed by atoms with Gasteiger partial charge in [0.05, 0.1) is 22.0 Å². The van der Waals surface area contributed by atoms with Crippen LogP contribution in [0.2, 0.25) is 0 Å². The van der Waals surface area contributed by atoms with Gasteiger partial charge in [-0.1, -0.05) is 90.1 Å². The van der Waals surface area contributed by atoms with Crippen LogP contribution in [0.5, 0.6) is 0 Å². The maximum absolute atomic E-state index is 12.9. The highest BCUT2D eigenvalue weighted by Gasteiger charge is 2.17. The molecule has 5 nitrogen and oxygen atoms in total. The van der Waals surface area contributed by atoms with Gasteiger partial charge in [0.2, 0.25) is 5.91 Å². The van der Waals surface area contributed by atoms with Gasteiger partial charge in [-0.15, -0.1) is 11.3 Å². The minimum absolute atomic E-state index is 0.0620. The van der Waals surface area contributed by atoms with Crippen LogP contribution in [-0.2, 0) is 4.79 Å². The molecule has 0 spiro atoms. The first kappa shape index (κ1) is 24.7. The monoisotopic (exact) mass is 523 g/mol. The van der Waals surface area contributed by atoms with Crippen LogP contribution >= 0.6 is 23.1 Å². The molecule has 37 heavy (non-hydrogen) atoms. The van der Waals surface area contributed by atoms with Crippen molar-refractivity contribution in [3.8, 4) is 0 Å². The highest BCUT2D eigenvalue weighted by molar-refractivity contribution is 8.01. The number of rotatable bonds is 8. The molecule has 0 aliphatic carbocycles. The van der Waals surface area contributed by atoms with Crippen LogP contribution in [-0.4, -0.2) is 22.6 Å². The number of nitrogens with one attached hydrogen (secondary N) is 2. The zero-order chi connectivity index (χ0) is 25.6. The molecule has 0 radical (unpaired) electrons. The summed E-state index contributed by atoms with van der Waals surface area (Å²) >= 11 is 2.92. The van der Waals surface area contributed by atoms with E-state index in [2.05, 4.69) is 15.6 Å². The van der Waals surface area contributed by atoms with E-state index in [0.29, 0.717) is 11.3 Å². The first-order chi connectivity index (χ1) is 18.0. The summed E-state index contributed by atoms with van der Waals surface area (Å²) in [4.78, 5) is 30.1. The predicted molar refractivity (Wildman–Crippen MR) is 152 cm³/mol. The van der Waals surface area contributed by atoms with Crippen molar-refractivity contribution in [2.24, 2.45) is 0 Å². The van der Waals surface area contributed by atoms with Crippen molar-refractivity contribution >= 4 is 50.8 Å². The largest absolute Gasteiger partial charge is 0.344 e. The molecule has 5 aromatic rings. The Bertz CT molecular complexity index is 1480. The third-order valence-electron chi connectivity index (χ3n) is 5.84. The van der Waals surface area contributed by atoms with Crippen molar-refractivity contribution in [3.05, 3.63) is 125 Å². The highest BCUT2D eigenvalue weighted by atomic mass is 32.2. The Balaban J connectivity index is 1.23. The lowest BCUT2D eigenvalue weighted by Crippen LogP contribution is -2.30. The zero-order valence-electron chi connectivity index (χ0n) is 20.2. The molecule has 2 N–H and O–H groups in total. The summed E-state index contributed by atoms with van der Waals surface area (Å²) in [6, 6.07) is 32.8. The second-order valence-electron chi connectivity index (χ2n) is 8.59. The summed E-state index contributed by atoms with van der Waals surface area (Å²) in [5.41, 5.74) is 5.34. The second-order valence-corrected chi connectivity index (χ2v) is 10.8. The van der Waals surface area contributed by atoms with Crippen molar-refractivity contribution in [1.82, 2.24) is 10.3 Å². The lowest BCUT2D eigenvalue weighted by molar-refractivity contribution is -0.119. The van der Waals surface area contributed by atoms with Crippen LogP contribution in [0.15, 0.2) is 107 Å². The fourth-order valence-corrected chi connectivity index (χ4v) is 5.85. The molecule has 1 heterocycles. The molecule has 2 amide bonds. The van der Waals surface area contributed by atoms with Gasteiger partial charge < -0.3 is 10.6 Å². The van der Waals surface area contributed by atoms with Crippen LogP contribution in [0.3, 0.4) is 0 Å². The van der Waals surface area contributed by atoms with Crippen molar-refractivity contribution in [1.29, 1.82) is 0 Å². The number of thiazole rings is 1. The molecule has 0 aliphatic rings. The molecule has 184 valence electrons. The Morgan fingerprint density at radius 2 is 1.51 bits per heavy atom. The van der Waals surface area contributed by atoms with Crippen molar-refractivity contribution < 1.29 is 9.59 Å². The molecule has 4 aromatic carbocycles. The van der Waals surface area contributed by atoms with Gasteiger partial charge in [-0.25, -0.2) is 4.98 Å². The van der Waals surface area contributed by atoms with Gasteiger partial charge in [-0.05, 0) is 48.4 Å². The number of aryl methyl sites for hydroxylation is 1. The molecule has 0 saturated heterocycles. The third kappa shape index (κ3) is 6.25. The van der Waals surface area contributed by atoms with Gasteiger partial charge in [0.15, 0.2) is 4.34 Å². The maximum Gasteiger partial charge on any atom is 0.255 e. The van der Waals surface area contributed by atoms with E-state index in [-0.39, 0.29) is 23.6 Å². The van der Waals surface area contributed by atoms with Gasteiger partial charge in [0, 0.05) is 11.3 Å². The fourth-order valence-electron chi connectivity index (χ4n) is 3.93. The quantitative estimate of drug-likeness (QED) is 0.218. The van der Waals surface area contributed by atoms with Gasteiger partial charge in [0.1, 0.15) is 0 Å². The first-order valence-corrected chi connectivity index (χ1v) is 13.7. The average molecular weight is 524 g/mol. The molecule has 0 unspecified atom stereocenters. The normalized spacial score (nSPS) is 11.0. The molecule has 1 aromatic heterocycles. The van der Waals surface area contributed by atoms with E-state index in [4.69, 9.17) is 0 Å². The highest BCUT2D eigenvalue weighted by Crippen LogP contribution is 2.31. The average Bonchev–Trinajstić information content (AvgIpc) is 3.34. The Labute approximate surface area is 224 Å². The van der Waals surface area contributed by atoms with Crippen LogP contribution in [0.25, 0.3) is 10.2 Å². The number of amides is 2. The minimum atomic E-state index is -0.217. The molecule has 5 rings (SSSR count). The summed E-state index contributed by atoms with van der Waals surface area (Å²) in [7, 11) is 0. The molecule has 0 saturated carbocycles. The topological polar surface area (TPSA) is 71.1 Å². The Morgan fingerprint density at radius 1 is 0.865 bits per heavy atom. The lowest BCUT2D eigenvalue weighted by atomic mass is 9.99. The summed E-state index contributed by atoms with van der Waals surface area (Å²) < 4.78 is 1.76. The summed E-state index contributed by atoms with van der Waals surface area (Å²) in [5, 5.41) is 6.12. The number of benzene rings is 4. The van der Waals surface area contributed by atoms with Crippen molar-refractivity contribution in [3.63, 3.8) is 0 Å². The van der Waals surface area contributed by atoms with Gasteiger partial charge in [-0.3, -0.25) is 9.59 Å². The minimum Gasteiger partial charge on any atom is -0.344 e. The molecule has 7 heteroatoms. The standard InChI is InChI=1S/C30H25N3O2S2/c1-20-12-14-23(15-13-20)29(35)31-24-16-17-25-26(18-24)37-30(32-25)36-19-27(34)33-28(21-8-4-2-5-9-21)22-10-6-3-7-11-22/h2-18,28H,19H2,1H3,(H,31,35)(H,33,34). The molecular weight excluding hydrogens is 498 g/mol. The number of thioether (sulfide) groups is 1.